The van der Waals surface area contributed by atoms with Crippen molar-refractivity contribution in [2.45, 2.75) is 40.0 Å². The number of ether oxygens (including phenoxy) is 1. The number of rotatable bonds is 8. The van der Waals surface area contributed by atoms with Crippen LogP contribution in [0.5, 0.6) is 0 Å². The summed E-state index contributed by atoms with van der Waals surface area (Å²) in [6, 6.07) is 5.94. The summed E-state index contributed by atoms with van der Waals surface area (Å²) in [7, 11) is 1.65. The molecule has 1 amide bonds. The Morgan fingerprint density at radius 2 is 2.15 bits per heavy atom. The monoisotopic (exact) mass is 373 g/mol. The molecule has 1 aliphatic rings. The highest BCUT2D eigenvalue weighted by Crippen LogP contribution is 2.29. The molecule has 0 bridgehead atoms. The summed E-state index contributed by atoms with van der Waals surface area (Å²) in [5.41, 5.74) is 2.72. The minimum Gasteiger partial charge on any atom is -0.496 e. The SMILES string of the molecule is CC/C=C(/OC)c1cccc(C)c1NC(=O)C[N+]1(CC)CCCC(C=O)C1. The van der Waals surface area contributed by atoms with Crippen molar-refractivity contribution < 1.29 is 18.8 Å². The number of aldehydes is 1. The van der Waals surface area contributed by atoms with Crippen molar-refractivity contribution in [1.29, 1.82) is 0 Å². The van der Waals surface area contributed by atoms with Crippen LogP contribution in [0.3, 0.4) is 0 Å². The Balaban J connectivity index is 2.22. The number of hydrogen-bond acceptors (Lipinski definition) is 3. The van der Waals surface area contributed by atoms with Crippen molar-refractivity contribution in [1.82, 2.24) is 0 Å². The molecular formula is C22H33N2O3+. The second kappa shape index (κ2) is 9.70. The van der Waals surface area contributed by atoms with E-state index in [9.17, 15) is 9.59 Å². The molecular weight excluding hydrogens is 340 g/mol. The van der Waals surface area contributed by atoms with E-state index in [0.29, 0.717) is 11.0 Å². The first-order valence-electron chi connectivity index (χ1n) is 9.93. The third-order valence-corrected chi connectivity index (χ3v) is 5.58. The van der Waals surface area contributed by atoms with E-state index in [1.165, 1.54) is 0 Å². The van der Waals surface area contributed by atoms with Crippen molar-refractivity contribution in [3.63, 3.8) is 0 Å². The highest BCUT2D eigenvalue weighted by molar-refractivity contribution is 5.95. The molecule has 2 unspecified atom stereocenters. The van der Waals surface area contributed by atoms with Crippen LogP contribution in [0.4, 0.5) is 5.69 Å². The molecule has 1 aromatic carbocycles. The number of hydrogen-bond donors (Lipinski definition) is 1. The van der Waals surface area contributed by atoms with Crippen LogP contribution in [0.15, 0.2) is 24.3 Å². The van der Waals surface area contributed by atoms with Crippen LogP contribution in [0.2, 0.25) is 0 Å². The molecule has 1 heterocycles. The molecule has 0 spiro atoms. The molecule has 5 heteroatoms. The van der Waals surface area contributed by atoms with Gasteiger partial charge >= 0.3 is 0 Å². The maximum absolute atomic E-state index is 12.9. The third-order valence-electron chi connectivity index (χ3n) is 5.58. The number of anilines is 1. The molecule has 27 heavy (non-hydrogen) atoms. The van der Waals surface area contributed by atoms with Gasteiger partial charge in [0.2, 0.25) is 0 Å². The number of nitrogens with zero attached hydrogens (tertiary/aromatic N) is 1. The molecule has 0 aliphatic carbocycles. The zero-order chi connectivity index (χ0) is 19.9. The summed E-state index contributed by atoms with van der Waals surface area (Å²) in [6.07, 6.45) is 5.86. The van der Waals surface area contributed by atoms with Crippen LogP contribution >= 0.6 is 0 Å². The molecule has 1 N–H and O–H groups in total. The molecule has 1 fully saturated rings. The first-order chi connectivity index (χ1) is 13.0. The number of quaternary nitrogens is 1. The fraction of sp³-hybridized carbons (Fsp3) is 0.545. The number of aryl methyl sites for hydroxylation is 1. The molecule has 2 atom stereocenters. The number of methoxy groups -OCH3 is 1. The van der Waals surface area contributed by atoms with E-state index in [4.69, 9.17) is 4.74 Å². The molecule has 1 aliphatic heterocycles. The predicted octanol–water partition coefficient (Wildman–Crippen LogP) is 3.78. The van der Waals surface area contributed by atoms with Gasteiger partial charge in [-0.3, -0.25) is 4.79 Å². The highest BCUT2D eigenvalue weighted by Gasteiger charge is 2.35. The van der Waals surface area contributed by atoms with Gasteiger partial charge in [-0.25, -0.2) is 0 Å². The van der Waals surface area contributed by atoms with Gasteiger partial charge in [0, 0.05) is 5.56 Å². The number of nitrogens with one attached hydrogen (secondary N) is 1. The lowest BCUT2D eigenvalue weighted by molar-refractivity contribution is -0.925. The van der Waals surface area contributed by atoms with Crippen LogP contribution in [-0.4, -0.2) is 50.0 Å². The Bertz CT molecular complexity index is 699. The number of likely N-dealkylation sites (N-methyl/N-ethyl adjacent to an activating group) is 1. The van der Waals surface area contributed by atoms with Crippen LogP contribution in [0, 0.1) is 12.8 Å². The minimum atomic E-state index is -0.00843. The van der Waals surface area contributed by atoms with Gasteiger partial charge in [0.1, 0.15) is 12.0 Å². The van der Waals surface area contributed by atoms with Gasteiger partial charge in [-0.15, -0.1) is 0 Å². The Kier molecular flexibility index (Phi) is 7.60. The Morgan fingerprint density at radius 3 is 2.78 bits per heavy atom. The number of para-hydroxylation sites is 1. The first kappa shape index (κ1) is 21.2. The highest BCUT2D eigenvalue weighted by atomic mass is 16.5. The number of piperidine rings is 1. The Labute approximate surface area is 163 Å². The second-order valence-electron chi connectivity index (χ2n) is 7.49. The van der Waals surface area contributed by atoms with E-state index >= 15 is 0 Å². The van der Waals surface area contributed by atoms with Gasteiger partial charge in [0.25, 0.3) is 5.91 Å². The largest absolute Gasteiger partial charge is 0.496 e. The number of carbonyl (C=O) groups excluding carboxylic acids is 2. The van der Waals surface area contributed by atoms with Gasteiger partial charge in [-0.05, 0) is 50.8 Å². The molecule has 1 aromatic rings. The average Bonchev–Trinajstić information content (AvgIpc) is 2.68. The van der Waals surface area contributed by atoms with E-state index < -0.39 is 0 Å². The van der Waals surface area contributed by atoms with Crippen molar-refractivity contribution in [2.75, 3.05) is 38.6 Å². The number of likely N-dealkylation sites (tertiary alicyclic amines) is 1. The molecule has 0 aromatic heterocycles. The lowest BCUT2D eigenvalue weighted by Gasteiger charge is -2.42. The lowest BCUT2D eigenvalue weighted by atomic mass is 9.97. The first-order valence-corrected chi connectivity index (χ1v) is 9.93. The summed E-state index contributed by atoms with van der Waals surface area (Å²) >= 11 is 0. The van der Waals surface area contributed by atoms with Crippen LogP contribution in [-0.2, 0) is 14.3 Å². The molecule has 0 saturated carbocycles. The molecule has 148 valence electrons. The van der Waals surface area contributed by atoms with E-state index in [2.05, 4.69) is 19.2 Å². The molecule has 5 nitrogen and oxygen atoms in total. The third kappa shape index (κ3) is 5.19. The maximum Gasteiger partial charge on any atom is 0.279 e. The van der Waals surface area contributed by atoms with Gasteiger partial charge in [-0.1, -0.05) is 19.1 Å². The lowest BCUT2D eigenvalue weighted by Crippen LogP contribution is -2.57. The van der Waals surface area contributed by atoms with Crippen molar-refractivity contribution in [3.8, 4) is 0 Å². The van der Waals surface area contributed by atoms with Gasteiger partial charge in [-0.2, -0.15) is 0 Å². The number of carbonyl (C=O) groups is 2. The van der Waals surface area contributed by atoms with Crippen LogP contribution in [0.1, 0.15) is 44.2 Å². The molecule has 1 saturated heterocycles. The molecule has 2 rings (SSSR count). The summed E-state index contributed by atoms with van der Waals surface area (Å²) in [4.78, 5) is 24.2. The second-order valence-corrected chi connectivity index (χ2v) is 7.49. The predicted molar refractivity (Wildman–Crippen MR) is 109 cm³/mol. The van der Waals surface area contributed by atoms with Crippen molar-refractivity contribution in [2.24, 2.45) is 5.92 Å². The standard InChI is InChI=1S/C22H32N2O3/c1-5-9-20(27-4)19-12-7-10-17(3)22(19)23-21(26)15-24(6-2)13-8-11-18(14-24)16-25/h7,9-10,12,16,18H,5-6,8,11,13-15H2,1-4H3/p+1/b20-9+. The van der Waals surface area contributed by atoms with Gasteiger partial charge in [0.15, 0.2) is 6.54 Å². The Hall–Kier alpha value is -2.14. The van der Waals surface area contributed by atoms with Crippen molar-refractivity contribution >= 4 is 23.6 Å². The number of benzene rings is 1. The van der Waals surface area contributed by atoms with E-state index in [0.717, 1.165) is 67.8 Å². The Morgan fingerprint density at radius 1 is 1.37 bits per heavy atom. The van der Waals surface area contributed by atoms with Crippen LogP contribution < -0.4 is 5.32 Å². The van der Waals surface area contributed by atoms with Crippen molar-refractivity contribution in [3.05, 3.63) is 35.4 Å². The van der Waals surface area contributed by atoms with E-state index in [1.54, 1.807) is 7.11 Å². The summed E-state index contributed by atoms with van der Waals surface area (Å²) in [5, 5.41) is 3.13. The van der Waals surface area contributed by atoms with Crippen LogP contribution in [0.25, 0.3) is 5.76 Å². The zero-order valence-corrected chi connectivity index (χ0v) is 17.1. The summed E-state index contributed by atoms with van der Waals surface area (Å²) in [6.45, 7) is 9.12. The number of allylic oxidation sites excluding steroid dienone is 1. The molecule has 0 radical (unpaired) electrons. The maximum atomic E-state index is 12.9. The zero-order valence-electron chi connectivity index (χ0n) is 17.1. The fourth-order valence-electron chi connectivity index (χ4n) is 4.03. The topological polar surface area (TPSA) is 55.4 Å². The van der Waals surface area contributed by atoms with Gasteiger partial charge < -0.3 is 19.3 Å². The summed E-state index contributed by atoms with van der Waals surface area (Å²) < 4.78 is 6.22. The van der Waals surface area contributed by atoms with E-state index in [-0.39, 0.29) is 11.8 Å². The minimum absolute atomic E-state index is 0.00843. The van der Waals surface area contributed by atoms with E-state index in [1.807, 2.05) is 31.2 Å². The summed E-state index contributed by atoms with van der Waals surface area (Å²) in [5.74, 6) is 0.828. The number of amides is 1. The fourth-order valence-corrected chi connectivity index (χ4v) is 4.03. The normalized spacial score (nSPS) is 23.0. The van der Waals surface area contributed by atoms with Gasteiger partial charge in [0.05, 0.1) is 38.3 Å². The quantitative estimate of drug-likeness (QED) is 0.429. The average molecular weight is 374 g/mol. The smallest absolute Gasteiger partial charge is 0.279 e.